The predicted molar refractivity (Wildman–Crippen MR) is 111 cm³/mol. The van der Waals surface area contributed by atoms with Crippen molar-refractivity contribution in [3.8, 4) is 0 Å². The summed E-state index contributed by atoms with van der Waals surface area (Å²) in [6, 6.07) is 16.5. The minimum atomic E-state index is -1.32. The van der Waals surface area contributed by atoms with E-state index in [1.165, 1.54) is 0 Å². The van der Waals surface area contributed by atoms with E-state index < -0.39 is 22.9 Å². The number of carboxylic acid groups (broad SMARTS) is 2. The second kappa shape index (κ2) is 4.71. The predicted octanol–water partition coefficient (Wildman–Crippen LogP) is 3.28. The number of nitrogens with two attached hydrogens (primary N) is 1. The molecule has 6 fully saturated rings. The summed E-state index contributed by atoms with van der Waals surface area (Å²) in [7, 11) is 0. The monoisotopic (exact) mass is 431 g/mol. The van der Waals surface area contributed by atoms with E-state index in [9.17, 15) is 19.8 Å². The molecular weight excluding hydrogens is 410 g/mol. The molecule has 1 unspecified atom stereocenters. The van der Waals surface area contributed by atoms with Crippen LogP contribution in [0.1, 0.15) is 23.5 Å². The second-order valence-corrected chi connectivity index (χ2v) is 11.6. The van der Waals surface area contributed by atoms with Crippen molar-refractivity contribution in [1.82, 2.24) is 0 Å². The Morgan fingerprint density at radius 2 is 1.35 bits per heavy atom. The number of rotatable bonds is 5. The summed E-state index contributed by atoms with van der Waals surface area (Å²) < 4.78 is 0. The van der Waals surface area contributed by atoms with Gasteiger partial charge in [-0.25, -0.2) is 0 Å². The van der Waals surface area contributed by atoms with Crippen molar-refractivity contribution >= 4 is 23.7 Å². The molecule has 2 aromatic rings. The van der Waals surface area contributed by atoms with E-state index in [0.717, 1.165) is 20.9 Å². The van der Waals surface area contributed by atoms with Crippen molar-refractivity contribution < 1.29 is 19.8 Å². The van der Waals surface area contributed by atoms with Crippen LogP contribution in [-0.4, -0.2) is 27.7 Å². The maximum absolute atomic E-state index is 12.8. The zero-order valence-electron chi connectivity index (χ0n) is 16.6. The van der Waals surface area contributed by atoms with Gasteiger partial charge < -0.3 is 15.9 Å². The molecule has 6 aliphatic carbocycles. The molecule has 6 saturated carbocycles. The fraction of sp³-hybridized carbons (Fsp3) is 0.440. The van der Waals surface area contributed by atoms with Gasteiger partial charge in [-0.15, -0.1) is 0 Å². The smallest absolute Gasteiger partial charge is 0.324 e. The number of carbonyl (C=O) groups is 2. The fourth-order valence-corrected chi connectivity index (χ4v) is 11.0. The Bertz CT molecular complexity index is 1160. The number of fused-ring (bicyclic) bond motifs is 2. The van der Waals surface area contributed by atoms with Crippen LogP contribution in [0, 0.1) is 46.3 Å². The lowest BCUT2D eigenvalue weighted by Gasteiger charge is -3.11. The van der Waals surface area contributed by atoms with Crippen LogP contribution in [0.4, 0.5) is 0 Å². The van der Waals surface area contributed by atoms with Crippen LogP contribution in [0.2, 0.25) is 0 Å². The molecule has 6 heteroatoms. The van der Waals surface area contributed by atoms with E-state index in [0.29, 0.717) is 6.42 Å². The summed E-state index contributed by atoms with van der Waals surface area (Å²) in [5.41, 5.74) is 7.03. The van der Waals surface area contributed by atoms with Crippen LogP contribution in [0.25, 0.3) is 0 Å². The normalized spacial score (nSPS) is 45.2. The van der Waals surface area contributed by atoms with Crippen molar-refractivity contribution in [2.24, 2.45) is 52.1 Å². The molecule has 31 heavy (non-hydrogen) atoms. The SMILES string of the molecule is NC(CC1c2ccccc2Sc2ccccc21)(C(=O)O)C12C3C4C1C1C2C3C41C(=O)O. The first-order valence-electron chi connectivity index (χ1n) is 11.0. The molecule has 1 heterocycles. The largest absolute Gasteiger partial charge is 0.481 e. The maximum Gasteiger partial charge on any atom is 0.324 e. The molecule has 1 aliphatic heterocycles. The number of aliphatic carboxylic acids is 2. The van der Waals surface area contributed by atoms with Gasteiger partial charge in [0.15, 0.2) is 0 Å². The van der Waals surface area contributed by atoms with E-state index in [1.54, 1.807) is 11.8 Å². The third kappa shape index (κ3) is 1.32. The summed E-state index contributed by atoms with van der Waals surface area (Å²) in [6.45, 7) is 0. The lowest BCUT2D eigenvalue weighted by molar-refractivity contribution is -0.652. The topological polar surface area (TPSA) is 101 Å². The minimum absolute atomic E-state index is 0.0659. The van der Waals surface area contributed by atoms with Crippen LogP contribution in [-0.2, 0) is 9.59 Å². The van der Waals surface area contributed by atoms with Crippen LogP contribution >= 0.6 is 11.8 Å². The van der Waals surface area contributed by atoms with Crippen molar-refractivity contribution in [2.75, 3.05) is 0 Å². The zero-order valence-corrected chi connectivity index (χ0v) is 17.4. The van der Waals surface area contributed by atoms with Gasteiger partial charge in [0.05, 0.1) is 5.41 Å². The highest BCUT2D eigenvalue weighted by Gasteiger charge is 3.13. The summed E-state index contributed by atoms with van der Waals surface area (Å²) in [6.07, 6.45) is 0.368. The maximum atomic E-state index is 12.8. The highest BCUT2D eigenvalue weighted by molar-refractivity contribution is 7.99. The van der Waals surface area contributed by atoms with Crippen molar-refractivity contribution in [1.29, 1.82) is 0 Å². The van der Waals surface area contributed by atoms with E-state index in [2.05, 4.69) is 24.3 Å². The van der Waals surface area contributed by atoms with E-state index in [4.69, 9.17) is 5.73 Å². The molecule has 2 aromatic carbocycles. The summed E-state index contributed by atoms with van der Waals surface area (Å²) >= 11 is 1.73. The fourth-order valence-electron chi connectivity index (χ4n) is 9.85. The quantitative estimate of drug-likeness (QED) is 0.672. The molecule has 5 nitrogen and oxygen atoms in total. The molecule has 0 aromatic heterocycles. The Morgan fingerprint density at radius 3 is 1.81 bits per heavy atom. The summed E-state index contributed by atoms with van der Waals surface area (Å²) in [5.74, 6) is -0.509. The first kappa shape index (κ1) is 17.3. The molecule has 0 spiro atoms. The summed E-state index contributed by atoms with van der Waals surface area (Å²) in [5, 5.41) is 20.3. The molecule has 0 radical (unpaired) electrons. The Balaban J connectivity index is 1.22. The zero-order chi connectivity index (χ0) is 21.1. The number of hydrogen-bond acceptors (Lipinski definition) is 4. The van der Waals surface area contributed by atoms with Crippen LogP contribution in [0.15, 0.2) is 58.3 Å². The lowest BCUT2D eigenvalue weighted by atomic mass is 8.90. The number of benzene rings is 2. The van der Waals surface area contributed by atoms with Crippen LogP contribution < -0.4 is 5.73 Å². The first-order valence-corrected chi connectivity index (χ1v) is 11.8. The minimum Gasteiger partial charge on any atom is -0.481 e. The first-order chi connectivity index (χ1) is 14.9. The number of carboxylic acids is 2. The molecule has 9 rings (SSSR count). The van der Waals surface area contributed by atoms with Crippen LogP contribution in [0.3, 0.4) is 0 Å². The van der Waals surface area contributed by atoms with Gasteiger partial charge in [-0.1, -0.05) is 48.2 Å². The van der Waals surface area contributed by atoms with Crippen LogP contribution in [0.5, 0.6) is 0 Å². The highest BCUT2D eigenvalue weighted by Crippen LogP contribution is 3.11. The molecular formula is C25H21NO4S. The standard InChI is InChI=1S/C25H21NO4S/c26-23(21(27)28,25-18-15-19(25)17-20(25)16(18)24(15,17)22(29)30)9-12-10-5-1-3-7-13(10)31-14-8-4-2-6-11(12)14/h1-8,12,15-20H,9,26H2,(H,27,28)(H,29,30). The third-order valence-electron chi connectivity index (χ3n) is 10.5. The molecule has 1 atom stereocenters. The molecule has 0 amide bonds. The van der Waals surface area contributed by atoms with Gasteiger partial charge in [0.2, 0.25) is 0 Å². The average molecular weight is 432 g/mol. The van der Waals surface area contributed by atoms with Gasteiger partial charge in [0, 0.05) is 21.1 Å². The Morgan fingerprint density at radius 1 is 0.871 bits per heavy atom. The van der Waals surface area contributed by atoms with E-state index in [1.807, 2.05) is 24.3 Å². The highest BCUT2D eigenvalue weighted by atomic mass is 32.2. The Kier molecular flexibility index (Phi) is 2.63. The molecule has 0 bridgehead atoms. The van der Waals surface area contributed by atoms with E-state index >= 15 is 0 Å². The van der Waals surface area contributed by atoms with Crippen molar-refractivity contribution in [3.63, 3.8) is 0 Å². The molecule has 4 N–H and O–H groups in total. The summed E-state index contributed by atoms with van der Waals surface area (Å²) in [4.78, 5) is 27.0. The van der Waals surface area contributed by atoms with Crippen molar-refractivity contribution in [2.45, 2.75) is 27.7 Å². The lowest BCUT2D eigenvalue weighted by Crippen LogP contribution is -3.14. The molecule has 156 valence electrons. The Labute approximate surface area is 183 Å². The van der Waals surface area contributed by atoms with Gasteiger partial charge in [0.1, 0.15) is 5.54 Å². The second-order valence-electron chi connectivity index (χ2n) is 10.5. The van der Waals surface area contributed by atoms with Gasteiger partial charge in [-0.3, -0.25) is 9.59 Å². The van der Waals surface area contributed by atoms with Gasteiger partial charge in [-0.05, 0) is 65.2 Å². The van der Waals surface area contributed by atoms with Gasteiger partial charge >= 0.3 is 11.9 Å². The third-order valence-corrected chi connectivity index (χ3v) is 11.7. The molecule has 7 aliphatic rings. The van der Waals surface area contributed by atoms with Gasteiger partial charge in [-0.2, -0.15) is 0 Å². The number of hydrogen-bond donors (Lipinski definition) is 3. The van der Waals surface area contributed by atoms with Crippen molar-refractivity contribution in [3.05, 3.63) is 59.7 Å². The average Bonchev–Trinajstić information content (AvgIpc) is 2.78. The molecule has 0 saturated heterocycles. The van der Waals surface area contributed by atoms with Gasteiger partial charge in [0.25, 0.3) is 0 Å². The van der Waals surface area contributed by atoms with E-state index in [-0.39, 0.29) is 46.8 Å². The Hall–Kier alpha value is -2.31.